The molecule has 0 radical (unpaired) electrons. The zero-order valence-electron chi connectivity index (χ0n) is 19.4. The second-order valence-corrected chi connectivity index (χ2v) is 8.68. The normalized spacial score (nSPS) is 11.7. The van der Waals surface area contributed by atoms with E-state index < -0.39 is 0 Å². The van der Waals surface area contributed by atoms with Gasteiger partial charge in [-0.25, -0.2) is 9.79 Å². The molecule has 174 valence electrons. The molecular weight excluding hydrogens is 450 g/mol. The fraction of sp³-hybridized carbons (Fsp3) is 0.214. The third-order valence-electron chi connectivity index (χ3n) is 5.05. The highest BCUT2D eigenvalue weighted by Gasteiger charge is 2.10. The number of hydrogen-bond acceptors (Lipinski definition) is 5. The van der Waals surface area contributed by atoms with Gasteiger partial charge < -0.3 is 13.9 Å². The maximum Gasteiger partial charge on any atom is 0.338 e. The number of esters is 1. The first-order valence-electron chi connectivity index (χ1n) is 11.2. The van der Waals surface area contributed by atoms with Crippen LogP contribution in [0.1, 0.15) is 31.1 Å². The van der Waals surface area contributed by atoms with Gasteiger partial charge in [0.2, 0.25) is 0 Å². The molecule has 0 amide bonds. The predicted molar refractivity (Wildman–Crippen MR) is 135 cm³/mol. The number of benzene rings is 3. The maximum absolute atomic E-state index is 12.2. The molecule has 0 aliphatic heterocycles. The van der Waals surface area contributed by atoms with Crippen molar-refractivity contribution in [1.29, 1.82) is 0 Å². The third-order valence-corrected chi connectivity index (χ3v) is 5.31. The Labute approximate surface area is 203 Å². The van der Waals surface area contributed by atoms with Gasteiger partial charge in [-0.15, -0.1) is 0 Å². The molecule has 4 aromatic rings. The molecule has 3 aromatic carbocycles. The van der Waals surface area contributed by atoms with Crippen LogP contribution in [0.15, 0.2) is 82.2 Å². The molecule has 0 unspecified atom stereocenters. The summed E-state index contributed by atoms with van der Waals surface area (Å²) in [6.07, 6.45) is 0. The predicted octanol–water partition coefficient (Wildman–Crippen LogP) is 7.20. The number of nitrogens with zero attached hydrogens (tertiary/aromatic N) is 1. The van der Waals surface area contributed by atoms with Crippen molar-refractivity contribution in [3.8, 4) is 17.1 Å². The van der Waals surface area contributed by atoms with E-state index in [1.54, 1.807) is 24.3 Å². The molecule has 0 bridgehead atoms. The molecule has 1 aromatic heterocycles. The highest BCUT2D eigenvalue weighted by molar-refractivity contribution is 6.30. The molecule has 0 saturated carbocycles. The van der Waals surface area contributed by atoms with Gasteiger partial charge >= 0.3 is 5.97 Å². The van der Waals surface area contributed by atoms with Crippen LogP contribution in [0.4, 0.5) is 5.69 Å². The largest absolute Gasteiger partial charge is 0.494 e. The Morgan fingerprint density at radius 2 is 1.74 bits per heavy atom. The quantitative estimate of drug-likeness (QED) is 0.265. The first kappa shape index (κ1) is 23.6. The Morgan fingerprint density at radius 3 is 2.41 bits per heavy atom. The number of carbonyl (C=O) groups is 1. The van der Waals surface area contributed by atoms with Crippen LogP contribution in [-0.2, 0) is 4.74 Å². The van der Waals surface area contributed by atoms with E-state index in [9.17, 15) is 4.79 Å². The minimum Gasteiger partial charge on any atom is -0.494 e. The van der Waals surface area contributed by atoms with E-state index >= 15 is 0 Å². The summed E-state index contributed by atoms with van der Waals surface area (Å²) in [5, 5.41) is 2.20. The third kappa shape index (κ3) is 5.67. The summed E-state index contributed by atoms with van der Waals surface area (Å²) < 4.78 is 17.2. The van der Waals surface area contributed by atoms with Crippen LogP contribution in [0.5, 0.6) is 5.75 Å². The van der Waals surface area contributed by atoms with Crippen molar-refractivity contribution >= 4 is 34.2 Å². The highest BCUT2D eigenvalue weighted by Crippen LogP contribution is 2.26. The lowest BCUT2D eigenvalue weighted by Crippen LogP contribution is -2.10. The second-order valence-electron chi connectivity index (χ2n) is 8.24. The molecule has 0 N–H and O–H groups in total. The molecule has 4 rings (SSSR count). The molecule has 0 aliphatic rings. The minimum absolute atomic E-state index is 0.284. The van der Waals surface area contributed by atoms with E-state index in [4.69, 9.17) is 30.5 Å². The van der Waals surface area contributed by atoms with Crippen LogP contribution in [-0.4, -0.2) is 19.2 Å². The fourth-order valence-electron chi connectivity index (χ4n) is 3.39. The van der Waals surface area contributed by atoms with Gasteiger partial charge in [0.15, 0.2) is 0 Å². The van der Waals surface area contributed by atoms with E-state index in [-0.39, 0.29) is 11.9 Å². The molecule has 0 aliphatic carbocycles. The van der Waals surface area contributed by atoms with E-state index in [1.807, 2.05) is 69.3 Å². The lowest BCUT2D eigenvalue weighted by molar-refractivity contribution is 0.0459. The molecule has 6 heteroatoms. The average Bonchev–Trinajstić information content (AvgIpc) is 2.84. The average molecular weight is 476 g/mol. The standard InChI is InChI=1S/C28H26ClNO4/c1-4-32-23-13-14-26-24(15-23)25(16-27(34-26)19-5-9-21(29)10-6-19)30-22-11-7-20(8-12-22)28(31)33-17-18(2)3/h5-16,18H,4,17H2,1-3H3. The zero-order chi connectivity index (χ0) is 24.1. The van der Waals surface area contributed by atoms with Gasteiger partial charge in [-0.05, 0) is 79.6 Å². The summed E-state index contributed by atoms with van der Waals surface area (Å²) >= 11 is 6.05. The Hall–Kier alpha value is -3.57. The SMILES string of the molecule is CCOc1ccc2oc(-c3ccc(Cl)cc3)cc(=Nc3ccc(C(=O)OCC(C)C)cc3)c2c1. The van der Waals surface area contributed by atoms with Crippen molar-refractivity contribution in [1.82, 2.24) is 0 Å². The molecule has 5 nitrogen and oxygen atoms in total. The van der Waals surface area contributed by atoms with Gasteiger partial charge in [-0.2, -0.15) is 0 Å². The van der Waals surface area contributed by atoms with Gasteiger partial charge in [0.25, 0.3) is 0 Å². The van der Waals surface area contributed by atoms with Crippen molar-refractivity contribution in [2.24, 2.45) is 10.9 Å². The maximum atomic E-state index is 12.2. The summed E-state index contributed by atoms with van der Waals surface area (Å²) in [6.45, 7) is 6.89. The Morgan fingerprint density at radius 1 is 1.00 bits per heavy atom. The smallest absolute Gasteiger partial charge is 0.338 e. The number of ether oxygens (including phenoxy) is 2. The topological polar surface area (TPSA) is 61.0 Å². The number of fused-ring (bicyclic) bond motifs is 1. The lowest BCUT2D eigenvalue weighted by Gasteiger charge is -2.08. The van der Waals surface area contributed by atoms with Crippen molar-refractivity contribution in [3.05, 3.63) is 88.7 Å². The van der Waals surface area contributed by atoms with Crippen molar-refractivity contribution in [3.63, 3.8) is 0 Å². The number of carbonyl (C=O) groups excluding carboxylic acids is 1. The monoisotopic (exact) mass is 475 g/mol. The Kier molecular flexibility index (Phi) is 7.33. The molecule has 0 fully saturated rings. The first-order chi connectivity index (χ1) is 16.4. The molecule has 34 heavy (non-hydrogen) atoms. The van der Waals surface area contributed by atoms with Gasteiger partial charge in [0.05, 0.1) is 29.8 Å². The summed E-state index contributed by atoms with van der Waals surface area (Å²) in [5.41, 5.74) is 2.77. The molecule has 0 spiro atoms. The Bertz CT molecular complexity index is 1360. The van der Waals surface area contributed by atoms with Crippen LogP contribution in [0.2, 0.25) is 5.02 Å². The van der Waals surface area contributed by atoms with Crippen LogP contribution in [0.3, 0.4) is 0 Å². The number of hydrogen-bond donors (Lipinski definition) is 0. The fourth-order valence-corrected chi connectivity index (χ4v) is 3.52. The summed E-state index contributed by atoms with van der Waals surface area (Å²) in [6, 6.07) is 22.1. The van der Waals surface area contributed by atoms with Gasteiger partial charge in [0.1, 0.15) is 17.1 Å². The van der Waals surface area contributed by atoms with E-state index in [2.05, 4.69) is 0 Å². The van der Waals surface area contributed by atoms with E-state index in [1.165, 1.54) is 0 Å². The van der Waals surface area contributed by atoms with Gasteiger partial charge in [-0.1, -0.05) is 25.4 Å². The second kappa shape index (κ2) is 10.6. The molecule has 0 saturated heterocycles. The van der Waals surface area contributed by atoms with Crippen LogP contribution < -0.4 is 10.1 Å². The highest BCUT2D eigenvalue weighted by atomic mass is 35.5. The number of halogens is 1. The van der Waals surface area contributed by atoms with E-state index in [0.29, 0.717) is 40.8 Å². The lowest BCUT2D eigenvalue weighted by atomic mass is 10.1. The Balaban J connectivity index is 1.77. The summed E-state index contributed by atoms with van der Waals surface area (Å²) in [4.78, 5) is 17.1. The van der Waals surface area contributed by atoms with Crippen molar-refractivity contribution < 1.29 is 18.7 Å². The molecule has 0 atom stereocenters. The van der Waals surface area contributed by atoms with Gasteiger partial charge in [-0.3, -0.25) is 0 Å². The molecule has 1 heterocycles. The zero-order valence-corrected chi connectivity index (χ0v) is 20.1. The minimum atomic E-state index is -0.337. The van der Waals surface area contributed by atoms with E-state index in [0.717, 1.165) is 22.1 Å². The van der Waals surface area contributed by atoms with Crippen LogP contribution in [0.25, 0.3) is 22.3 Å². The summed E-state index contributed by atoms with van der Waals surface area (Å²) in [7, 11) is 0. The first-order valence-corrected chi connectivity index (χ1v) is 11.6. The number of rotatable bonds is 7. The molecular formula is C28H26ClNO4. The van der Waals surface area contributed by atoms with Crippen molar-refractivity contribution in [2.75, 3.05) is 13.2 Å². The van der Waals surface area contributed by atoms with Gasteiger partial charge in [0, 0.05) is 22.0 Å². The summed E-state index contributed by atoms with van der Waals surface area (Å²) in [5.74, 6) is 1.35. The van der Waals surface area contributed by atoms with Crippen molar-refractivity contribution in [2.45, 2.75) is 20.8 Å². The van der Waals surface area contributed by atoms with Crippen LogP contribution in [0, 0.1) is 5.92 Å². The van der Waals surface area contributed by atoms with Crippen LogP contribution >= 0.6 is 11.6 Å².